The normalized spacial score (nSPS) is 9.61. The number of carbonyl (C=O) groups excluding carboxylic acids is 1. The Balaban J connectivity index is 3.27. The molecule has 0 bridgehead atoms. The van der Waals surface area contributed by atoms with Gasteiger partial charge in [0.05, 0.1) is 19.2 Å². The first-order chi connectivity index (χ1) is 8.42. The number of phenols is 2. The van der Waals surface area contributed by atoms with E-state index < -0.39 is 18.8 Å². The van der Waals surface area contributed by atoms with Crippen LogP contribution in [0.15, 0.2) is 12.1 Å². The van der Waals surface area contributed by atoms with Crippen LogP contribution in [0.4, 0.5) is 0 Å². The van der Waals surface area contributed by atoms with Crippen molar-refractivity contribution in [2.24, 2.45) is 0 Å². The number of ether oxygens (including phenoxy) is 1. The van der Waals surface area contributed by atoms with Gasteiger partial charge in [0.1, 0.15) is 11.5 Å². The summed E-state index contributed by atoms with van der Waals surface area (Å²) in [6.45, 7) is -0.739. The molecule has 4 nitrogen and oxygen atoms in total. The minimum Gasteiger partial charge on any atom is -0.508 e. The van der Waals surface area contributed by atoms with Crippen molar-refractivity contribution in [3.63, 3.8) is 0 Å². The molecule has 1 aromatic rings. The molecule has 0 aliphatic heterocycles. The molecule has 0 spiro atoms. The van der Waals surface area contributed by atoms with E-state index in [0.717, 1.165) is 19.2 Å². The molecule has 1 rings (SSSR count). The highest BCUT2D eigenvalue weighted by molar-refractivity contribution is 7.75. The maximum absolute atomic E-state index is 11.3. The maximum Gasteiger partial charge on any atom is 0.338 e. The Morgan fingerprint density at radius 1 is 1.33 bits per heavy atom. The van der Waals surface area contributed by atoms with Crippen LogP contribution in [0.3, 0.4) is 0 Å². The zero-order valence-corrected chi connectivity index (χ0v) is 9.83. The predicted octanol–water partition coefficient (Wildman–Crippen LogP) is -2.23. The molecule has 81 valence electrons. The van der Waals surface area contributed by atoms with E-state index in [0.29, 0.717) is 0 Å². The Kier molecular flexibility index (Phi) is 4.93. The zero-order chi connectivity index (χ0) is 13.9. The van der Waals surface area contributed by atoms with Crippen molar-refractivity contribution in [2.75, 3.05) is 7.11 Å². The Morgan fingerprint density at radius 2 is 1.83 bits per heavy atom. The molecule has 0 saturated carbocycles. The fourth-order valence-corrected chi connectivity index (χ4v) is 1.62. The number of aromatic hydroxyl groups is 2. The second-order valence-corrected chi connectivity index (χ2v) is 3.72. The van der Waals surface area contributed by atoms with Gasteiger partial charge in [0.25, 0.3) is 0 Å². The van der Waals surface area contributed by atoms with Crippen molar-refractivity contribution >= 4 is 54.6 Å². The van der Waals surface area contributed by atoms with E-state index in [9.17, 15) is 15.0 Å². The lowest BCUT2D eigenvalue weighted by atomic mass is 8.80. The van der Waals surface area contributed by atoms with Gasteiger partial charge in [-0.05, 0) is 17.6 Å². The maximum atomic E-state index is 11.3. The average Bonchev–Trinajstić information content (AvgIpc) is 2.31. The monoisotopic (exact) mass is 233 g/mol. The second kappa shape index (κ2) is 6.03. The molecule has 2 N–H and O–H groups in total. The summed E-state index contributed by atoms with van der Waals surface area (Å²) >= 11 is 0. The molecule has 0 heterocycles. The van der Waals surface area contributed by atoms with Crippen LogP contribution in [0, 0.1) is 0 Å². The van der Waals surface area contributed by atoms with Gasteiger partial charge in [-0.3, -0.25) is 0 Å². The van der Waals surface area contributed by atoms with Crippen molar-refractivity contribution in [3.8, 4) is 11.5 Å². The van der Waals surface area contributed by atoms with Gasteiger partial charge < -0.3 is 14.9 Å². The van der Waals surface area contributed by atoms with Gasteiger partial charge in [-0.2, -0.15) is 0 Å². The second-order valence-electron chi connectivity index (χ2n) is 3.72. The number of benzene rings is 1. The SMILES string of the molecule is [B][B]B(B([B])[B])c1c(O)cc(C(=O)OC)cc1O. The number of hydrogen-bond donors (Lipinski definition) is 2. The highest BCUT2D eigenvalue weighted by Gasteiger charge is 2.25. The lowest BCUT2D eigenvalue weighted by molar-refractivity contribution is 0.0600. The Morgan fingerprint density at radius 3 is 2.17 bits per heavy atom. The summed E-state index contributed by atoms with van der Waals surface area (Å²) < 4.78 is 4.48. The van der Waals surface area contributed by atoms with Gasteiger partial charge in [-0.25, -0.2) is 4.79 Å². The summed E-state index contributed by atoms with van der Waals surface area (Å²) in [7, 11) is 18.7. The Labute approximate surface area is 111 Å². The first kappa shape index (κ1) is 14.7. The molecule has 0 aromatic heterocycles. The third kappa shape index (κ3) is 2.92. The minimum absolute atomic E-state index is 0.0117. The number of carbonyl (C=O) groups is 1. The van der Waals surface area contributed by atoms with Crippen LogP contribution < -0.4 is 5.46 Å². The standard InChI is InChI=1S/C8H7B6O4/c1-18-8(17)4-2-5(15)7(6(16)3-4)13(12-9)14(10)11/h2-3,15-16H,1H3. The van der Waals surface area contributed by atoms with Crippen LogP contribution in [0.25, 0.3) is 0 Å². The summed E-state index contributed by atoms with van der Waals surface area (Å²) in [5, 5.41) is 19.6. The average molecular weight is 232 g/mol. The first-order valence-electron chi connectivity index (χ1n) is 5.12. The van der Waals surface area contributed by atoms with Gasteiger partial charge in [-0.15, -0.1) is 0 Å². The van der Waals surface area contributed by atoms with E-state index in [2.05, 4.69) is 4.74 Å². The zero-order valence-electron chi connectivity index (χ0n) is 9.83. The van der Waals surface area contributed by atoms with E-state index in [1.165, 1.54) is 7.11 Å². The molecule has 18 heavy (non-hydrogen) atoms. The predicted molar refractivity (Wildman–Crippen MR) is 75.3 cm³/mol. The number of hydrogen-bond acceptors (Lipinski definition) is 4. The molecule has 0 unspecified atom stereocenters. The fraction of sp³-hybridized carbons (Fsp3) is 0.125. The van der Waals surface area contributed by atoms with E-state index in [1.54, 1.807) is 0 Å². The van der Waals surface area contributed by atoms with E-state index in [4.69, 9.17) is 23.2 Å². The topological polar surface area (TPSA) is 66.8 Å². The molecule has 0 atom stereocenters. The highest BCUT2D eigenvalue weighted by Crippen LogP contribution is 2.20. The molecule has 1 aromatic carbocycles. The fourth-order valence-electron chi connectivity index (χ4n) is 1.62. The number of esters is 1. The number of phenolic OH excluding ortho intramolecular Hbond substituents is 2. The van der Waals surface area contributed by atoms with Gasteiger partial charge in [0, 0.05) is 36.7 Å². The van der Waals surface area contributed by atoms with Gasteiger partial charge in [0.15, 0.2) is 0 Å². The smallest absolute Gasteiger partial charge is 0.338 e. The molecule has 0 saturated heterocycles. The molecular formula is C8H7B6O4. The highest BCUT2D eigenvalue weighted by atomic mass is 16.5. The molecule has 7 radical (unpaired) electrons. The van der Waals surface area contributed by atoms with Gasteiger partial charge in [-0.1, -0.05) is 0 Å². The minimum atomic E-state index is -0.893. The Hall–Kier alpha value is -1.32. The quantitative estimate of drug-likeness (QED) is 0.455. The van der Waals surface area contributed by atoms with Crippen LogP contribution in [-0.2, 0) is 4.74 Å². The molecule has 0 aliphatic rings. The molecule has 0 aliphatic carbocycles. The largest absolute Gasteiger partial charge is 0.508 e. The molecular weight excluding hydrogens is 225 g/mol. The van der Waals surface area contributed by atoms with Gasteiger partial charge in [0.2, 0.25) is 0 Å². The van der Waals surface area contributed by atoms with Crippen LogP contribution in [0.5, 0.6) is 11.5 Å². The lowest BCUT2D eigenvalue weighted by Crippen LogP contribution is -2.52. The van der Waals surface area contributed by atoms with E-state index >= 15 is 0 Å². The summed E-state index contributed by atoms with van der Waals surface area (Å²) in [6.07, 6.45) is -0.893. The summed E-state index contributed by atoms with van der Waals surface area (Å²) in [5.74, 6) is -1.34. The van der Waals surface area contributed by atoms with Crippen molar-refractivity contribution in [3.05, 3.63) is 17.7 Å². The molecule has 0 amide bonds. The lowest BCUT2D eigenvalue weighted by Gasteiger charge is -2.19. The van der Waals surface area contributed by atoms with Crippen LogP contribution in [-0.4, -0.2) is 66.4 Å². The first-order valence-corrected chi connectivity index (χ1v) is 5.12. The van der Waals surface area contributed by atoms with Crippen LogP contribution >= 0.6 is 0 Å². The summed E-state index contributed by atoms with van der Waals surface area (Å²) in [4.78, 5) is 11.3. The molecule has 10 heteroatoms. The van der Waals surface area contributed by atoms with Crippen molar-refractivity contribution in [2.45, 2.75) is 0 Å². The Bertz CT molecular complexity index is 428. The third-order valence-electron chi connectivity index (χ3n) is 2.51. The number of methoxy groups -OCH3 is 1. The van der Waals surface area contributed by atoms with Gasteiger partial charge >= 0.3 is 5.97 Å². The summed E-state index contributed by atoms with van der Waals surface area (Å²) in [5.41, 5.74) is 0.0813. The number of rotatable bonds is 4. The van der Waals surface area contributed by atoms with Crippen molar-refractivity contribution in [1.29, 1.82) is 0 Å². The van der Waals surface area contributed by atoms with Crippen LogP contribution in [0.1, 0.15) is 10.4 Å². The van der Waals surface area contributed by atoms with Crippen LogP contribution in [0.2, 0.25) is 0 Å². The third-order valence-corrected chi connectivity index (χ3v) is 2.51. The van der Waals surface area contributed by atoms with Crippen molar-refractivity contribution < 1.29 is 19.7 Å². The molecule has 0 fully saturated rings. The van der Waals surface area contributed by atoms with E-state index in [-0.39, 0.29) is 22.5 Å². The summed E-state index contributed by atoms with van der Waals surface area (Å²) in [6, 6.07) is 2.31. The van der Waals surface area contributed by atoms with Crippen molar-refractivity contribution in [1.82, 2.24) is 0 Å². The van der Waals surface area contributed by atoms with E-state index in [1.807, 2.05) is 0 Å².